The first-order valence-corrected chi connectivity index (χ1v) is 11.6. The van der Waals surface area contributed by atoms with E-state index < -0.39 is 5.82 Å². The molecule has 0 radical (unpaired) electrons. The topological polar surface area (TPSA) is 69.7 Å². The SMILES string of the molecule is CC(=O)c1ccc(N2CCN(C(=O)c3ccc(CNC(=O)c4cccs4)cc3)CC2)c(F)c1. The van der Waals surface area contributed by atoms with Crippen LogP contribution < -0.4 is 10.2 Å². The Morgan fingerprint density at radius 3 is 2.27 bits per heavy atom. The van der Waals surface area contributed by atoms with Gasteiger partial charge >= 0.3 is 0 Å². The zero-order chi connectivity index (χ0) is 23.4. The maximum Gasteiger partial charge on any atom is 0.261 e. The van der Waals surface area contributed by atoms with Crippen LogP contribution in [0.15, 0.2) is 60.0 Å². The van der Waals surface area contributed by atoms with Crippen LogP contribution in [-0.2, 0) is 6.54 Å². The molecule has 2 amide bonds. The number of rotatable bonds is 6. The maximum atomic E-state index is 14.4. The number of anilines is 1. The smallest absolute Gasteiger partial charge is 0.261 e. The molecule has 1 N–H and O–H groups in total. The average Bonchev–Trinajstić information content (AvgIpc) is 3.38. The molecule has 2 aromatic carbocycles. The highest BCUT2D eigenvalue weighted by Gasteiger charge is 2.24. The number of amides is 2. The van der Waals surface area contributed by atoms with E-state index in [0.717, 1.165) is 5.56 Å². The van der Waals surface area contributed by atoms with Gasteiger partial charge in [-0.25, -0.2) is 4.39 Å². The molecule has 1 saturated heterocycles. The monoisotopic (exact) mass is 465 g/mol. The van der Waals surface area contributed by atoms with Crippen molar-refractivity contribution in [2.24, 2.45) is 0 Å². The first kappa shape index (κ1) is 22.7. The minimum atomic E-state index is -0.427. The Bertz CT molecular complexity index is 1150. The predicted molar refractivity (Wildman–Crippen MR) is 126 cm³/mol. The normalized spacial score (nSPS) is 13.6. The number of nitrogens with zero attached hydrogens (tertiary/aromatic N) is 2. The van der Waals surface area contributed by atoms with E-state index >= 15 is 0 Å². The van der Waals surface area contributed by atoms with Crippen molar-refractivity contribution < 1.29 is 18.8 Å². The third-order valence-corrected chi connectivity index (χ3v) is 6.53. The van der Waals surface area contributed by atoms with Crippen LogP contribution in [0.25, 0.3) is 0 Å². The lowest BCUT2D eigenvalue weighted by Gasteiger charge is -2.36. The first-order chi connectivity index (χ1) is 15.9. The third kappa shape index (κ3) is 5.28. The second kappa shape index (κ2) is 9.95. The molecule has 0 unspecified atom stereocenters. The van der Waals surface area contributed by atoms with Gasteiger partial charge in [-0.1, -0.05) is 18.2 Å². The van der Waals surface area contributed by atoms with Gasteiger partial charge in [-0.3, -0.25) is 14.4 Å². The minimum absolute atomic E-state index is 0.0729. The molecule has 170 valence electrons. The number of hydrogen-bond donors (Lipinski definition) is 1. The van der Waals surface area contributed by atoms with Crippen molar-refractivity contribution in [2.75, 3.05) is 31.1 Å². The molecule has 1 aliphatic rings. The van der Waals surface area contributed by atoms with Gasteiger partial charge in [0.05, 0.1) is 10.6 Å². The Morgan fingerprint density at radius 2 is 1.67 bits per heavy atom. The Morgan fingerprint density at radius 1 is 0.970 bits per heavy atom. The molecule has 0 bridgehead atoms. The Hall–Kier alpha value is -3.52. The van der Waals surface area contributed by atoms with E-state index in [-0.39, 0.29) is 17.6 Å². The van der Waals surface area contributed by atoms with E-state index in [1.807, 2.05) is 28.5 Å². The molecule has 0 aliphatic carbocycles. The van der Waals surface area contributed by atoms with E-state index in [1.54, 1.807) is 35.2 Å². The zero-order valence-corrected chi connectivity index (χ0v) is 19.0. The largest absolute Gasteiger partial charge is 0.366 e. The second-order valence-corrected chi connectivity index (χ2v) is 8.81. The van der Waals surface area contributed by atoms with Gasteiger partial charge in [0.15, 0.2) is 5.78 Å². The molecular weight excluding hydrogens is 441 g/mol. The molecule has 4 rings (SSSR count). The molecule has 0 spiro atoms. The van der Waals surface area contributed by atoms with Gasteiger partial charge in [-0.15, -0.1) is 11.3 Å². The van der Waals surface area contributed by atoms with Crippen molar-refractivity contribution in [3.63, 3.8) is 0 Å². The van der Waals surface area contributed by atoms with E-state index in [2.05, 4.69) is 5.32 Å². The summed E-state index contributed by atoms with van der Waals surface area (Å²) in [6.07, 6.45) is 0. The number of benzene rings is 2. The summed E-state index contributed by atoms with van der Waals surface area (Å²) in [6, 6.07) is 15.3. The van der Waals surface area contributed by atoms with Gasteiger partial charge < -0.3 is 15.1 Å². The summed E-state index contributed by atoms with van der Waals surface area (Å²) in [5.41, 5.74) is 2.28. The molecule has 33 heavy (non-hydrogen) atoms. The lowest BCUT2D eigenvalue weighted by Crippen LogP contribution is -2.49. The number of Topliss-reactive ketones (excluding diaryl/α,β-unsaturated/α-hetero) is 1. The van der Waals surface area contributed by atoms with Crippen molar-refractivity contribution in [1.82, 2.24) is 10.2 Å². The Balaban J connectivity index is 1.31. The lowest BCUT2D eigenvalue weighted by atomic mass is 10.1. The highest BCUT2D eigenvalue weighted by Crippen LogP contribution is 2.23. The number of hydrogen-bond acceptors (Lipinski definition) is 5. The molecule has 3 aromatic rings. The molecule has 1 aliphatic heterocycles. The fourth-order valence-corrected chi connectivity index (χ4v) is 4.40. The molecule has 0 atom stereocenters. The molecular formula is C25H24FN3O3S. The summed E-state index contributed by atoms with van der Waals surface area (Å²) < 4.78 is 14.4. The van der Waals surface area contributed by atoms with E-state index in [9.17, 15) is 18.8 Å². The van der Waals surface area contributed by atoms with Crippen LogP contribution in [0.3, 0.4) is 0 Å². The first-order valence-electron chi connectivity index (χ1n) is 10.7. The third-order valence-electron chi connectivity index (χ3n) is 5.66. The predicted octanol–water partition coefficient (Wildman–Crippen LogP) is 3.98. The number of piperazine rings is 1. The highest BCUT2D eigenvalue weighted by molar-refractivity contribution is 7.12. The zero-order valence-electron chi connectivity index (χ0n) is 18.2. The number of carbonyl (C=O) groups is 3. The fraction of sp³-hybridized carbons (Fsp3) is 0.240. The van der Waals surface area contributed by atoms with Crippen LogP contribution in [0.4, 0.5) is 10.1 Å². The number of ketones is 1. The summed E-state index contributed by atoms with van der Waals surface area (Å²) in [5.74, 6) is -0.789. The van der Waals surface area contributed by atoms with Crippen LogP contribution in [0.2, 0.25) is 0 Å². The highest BCUT2D eigenvalue weighted by atomic mass is 32.1. The summed E-state index contributed by atoms with van der Waals surface area (Å²) in [4.78, 5) is 40.7. The van der Waals surface area contributed by atoms with Crippen molar-refractivity contribution >= 4 is 34.6 Å². The molecule has 8 heteroatoms. The van der Waals surface area contributed by atoms with Crippen LogP contribution in [0, 0.1) is 5.82 Å². The summed E-state index contributed by atoms with van der Waals surface area (Å²) in [7, 11) is 0. The van der Waals surface area contributed by atoms with Gasteiger partial charge in [0, 0.05) is 43.9 Å². The van der Waals surface area contributed by atoms with E-state index in [4.69, 9.17) is 0 Å². The molecule has 1 aromatic heterocycles. The summed E-state index contributed by atoms with van der Waals surface area (Å²) in [5, 5.41) is 4.73. The molecule has 6 nitrogen and oxygen atoms in total. The fourth-order valence-electron chi connectivity index (χ4n) is 3.76. The lowest BCUT2D eigenvalue weighted by molar-refractivity contribution is 0.0746. The second-order valence-electron chi connectivity index (χ2n) is 7.86. The van der Waals surface area contributed by atoms with Crippen LogP contribution in [0.1, 0.15) is 42.9 Å². The van der Waals surface area contributed by atoms with Crippen molar-refractivity contribution in [3.05, 3.63) is 87.4 Å². The number of halogens is 1. The van der Waals surface area contributed by atoms with Crippen molar-refractivity contribution in [2.45, 2.75) is 13.5 Å². The summed E-state index contributed by atoms with van der Waals surface area (Å²) >= 11 is 1.39. The Kier molecular flexibility index (Phi) is 6.84. The van der Waals surface area contributed by atoms with Crippen LogP contribution in [0.5, 0.6) is 0 Å². The van der Waals surface area contributed by atoms with Gasteiger partial charge in [0.25, 0.3) is 11.8 Å². The molecule has 2 heterocycles. The standard InChI is InChI=1S/C25H24FN3O3S/c1-17(30)20-8-9-22(21(26)15-20)28-10-12-29(13-11-28)25(32)19-6-4-18(5-7-19)16-27-24(31)23-3-2-14-33-23/h2-9,14-15H,10-13,16H2,1H3,(H,27,31). The van der Waals surface area contributed by atoms with E-state index in [0.29, 0.717) is 54.4 Å². The minimum Gasteiger partial charge on any atom is -0.366 e. The number of carbonyl (C=O) groups excluding carboxylic acids is 3. The molecule has 0 saturated carbocycles. The van der Waals surface area contributed by atoms with Crippen molar-refractivity contribution in [3.8, 4) is 0 Å². The van der Waals surface area contributed by atoms with Gasteiger partial charge in [0.2, 0.25) is 0 Å². The average molecular weight is 466 g/mol. The van der Waals surface area contributed by atoms with Crippen LogP contribution in [-0.4, -0.2) is 48.7 Å². The Labute approximate surface area is 195 Å². The summed E-state index contributed by atoms with van der Waals surface area (Å²) in [6.45, 7) is 3.77. The number of thiophene rings is 1. The quantitative estimate of drug-likeness (QED) is 0.559. The van der Waals surface area contributed by atoms with Crippen LogP contribution >= 0.6 is 11.3 Å². The molecule has 1 fully saturated rings. The van der Waals surface area contributed by atoms with Gasteiger partial charge in [-0.05, 0) is 54.3 Å². The maximum absolute atomic E-state index is 14.4. The number of nitrogens with one attached hydrogen (secondary N) is 1. The van der Waals surface area contributed by atoms with E-state index in [1.165, 1.54) is 24.3 Å². The van der Waals surface area contributed by atoms with Gasteiger partial charge in [-0.2, -0.15) is 0 Å². The van der Waals surface area contributed by atoms with Gasteiger partial charge in [0.1, 0.15) is 5.82 Å². The van der Waals surface area contributed by atoms with Crippen molar-refractivity contribution in [1.29, 1.82) is 0 Å².